The van der Waals surface area contributed by atoms with Gasteiger partial charge in [-0.25, -0.2) is 8.42 Å². The van der Waals surface area contributed by atoms with Gasteiger partial charge in [-0.1, -0.05) is 12.1 Å². The molecule has 3 rings (SSSR count). The minimum atomic E-state index is -3.69. The van der Waals surface area contributed by atoms with Gasteiger partial charge in [-0.05, 0) is 49.2 Å². The van der Waals surface area contributed by atoms with Gasteiger partial charge in [-0.3, -0.25) is 4.79 Å². The Morgan fingerprint density at radius 2 is 1.89 bits per heavy atom. The molecule has 27 heavy (non-hydrogen) atoms. The van der Waals surface area contributed by atoms with E-state index in [0.29, 0.717) is 30.8 Å². The summed E-state index contributed by atoms with van der Waals surface area (Å²) in [6, 6.07) is 12.6. The van der Waals surface area contributed by atoms with Gasteiger partial charge >= 0.3 is 0 Å². The van der Waals surface area contributed by atoms with E-state index in [1.807, 2.05) is 0 Å². The first kappa shape index (κ1) is 19.2. The van der Waals surface area contributed by atoms with Crippen molar-refractivity contribution in [2.24, 2.45) is 5.92 Å². The zero-order valence-corrected chi connectivity index (χ0v) is 15.8. The summed E-state index contributed by atoms with van der Waals surface area (Å²) in [6.45, 7) is 0.475. The summed E-state index contributed by atoms with van der Waals surface area (Å²) in [5, 5.41) is 12.5. The number of carbonyl (C=O) groups is 1. The van der Waals surface area contributed by atoms with E-state index in [1.54, 1.807) is 30.3 Å². The molecule has 1 heterocycles. The van der Waals surface area contributed by atoms with Crippen LogP contribution in [0.15, 0.2) is 53.4 Å². The summed E-state index contributed by atoms with van der Waals surface area (Å²) in [5.74, 6) is -0.227. The van der Waals surface area contributed by atoms with E-state index in [-0.39, 0.29) is 23.1 Å². The van der Waals surface area contributed by atoms with Crippen molar-refractivity contribution in [2.45, 2.75) is 17.7 Å². The van der Waals surface area contributed by atoms with Gasteiger partial charge in [0, 0.05) is 13.1 Å². The van der Waals surface area contributed by atoms with Gasteiger partial charge in [0.2, 0.25) is 15.9 Å². The molecule has 0 spiro atoms. The first-order valence-corrected chi connectivity index (χ1v) is 10.1. The number of phenols is 1. The lowest BCUT2D eigenvalue weighted by Gasteiger charge is -2.31. The number of phenolic OH excluding ortho intramolecular Hbond substituents is 1. The van der Waals surface area contributed by atoms with Crippen LogP contribution in [-0.4, -0.2) is 43.9 Å². The lowest BCUT2D eigenvalue weighted by Crippen LogP contribution is -2.43. The third-order valence-corrected chi connectivity index (χ3v) is 6.49. The third-order valence-electron chi connectivity index (χ3n) is 4.61. The number of benzene rings is 2. The molecule has 0 unspecified atom stereocenters. The number of rotatable bonds is 5. The summed E-state index contributed by atoms with van der Waals surface area (Å²) in [4.78, 5) is 12.7. The van der Waals surface area contributed by atoms with Crippen molar-refractivity contribution >= 4 is 21.6 Å². The Labute approximate surface area is 158 Å². The Bertz CT molecular complexity index is 912. The van der Waals surface area contributed by atoms with Crippen molar-refractivity contribution in [1.29, 1.82) is 0 Å². The highest BCUT2D eigenvalue weighted by Crippen LogP contribution is 2.27. The third kappa shape index (κ3) is 4.23. The number of anilines is 1. The van der Waals surface area contributed by atoms with Crippen molar-refractivity contribution in [3.05, 3.63) is 48.5 Å². The summed E-state index contributed by atoms with van der Waals surface area (Å²) >= 11 is 0. The fourth-order valence-electron chi connectivity index (χ4n) is 3.09. The van der Waals surface area contributed by atoms with E-state index >= 15 is 0 Å². The maximum Gasteiger partial charge on any atom is 0.243 e. The van der Waals surface area contributed by atoms with Crippen LogP contribution in [-0.2, 0) is 14.8 Å². The number of hydrogen-bond donors (Lipinski definition) is 2. The summed E-state index contributed by atoms with van der Waals surface area (Å²) in [5.41, 5.74) is 0.317. The molecule has 0 saturated carbocycles. The van der Waals surface area contributed by atoms with Gasteiger partial charge in [0.05, 0.1) is 23.6 Å². The SMILES string of the molecule is COc1ccc(S(=O)(=O)N2CCC[C@@H](C(=O)Nc3ccccc3O)C2)cc1. The minimum absolute atomic E-state index is 0.0237. The largest absolute Gasteiger partial charge is 0.506 e. The summed E-state index contributed by atoms with van der Waals surface area (Å²) in [7, 11) is -2.17. The highest BCUT2D eigenvalue weighted by molar-refractivity contribution is 7.89. The molecule has 7 nitrogen and oxygen atoms in total. The number of ether oxygens (including phenoxy) is 1. The number of nitrogens with zero attached hydrogens (tertiary/aromatic N) is 1. The van der Waals surface area contributed by atoms with Crippen LogP contribution in [0, 0.1) is 5.92 Å². The number of aromatic hydroxyl groups is 1. The maximum atomic E-state index is 12.9. The van der Waals surface area contributed by atoms with E-state index in [1.165, 1.54) is 29.6 Å². The number of amides is 1. The van der Waals surface area contributed by atoms with Crippen LogP contribution in [0.4, 0.5) is 5.69 Å². The summed E-state index contributed by atoms with van der Waals surface area (Å²) < 4.78 is 32.2. The Morgan fingerprint density at radius 3 is 2.56 bits per heavy atom. The van der Waals surface area contributed by atoms with Gasteiger partial charge in [0.1, 0.15) is 11.5 Å². The molecule has 1 fully saturated rings. The minimum Gasteiger partial charge on any atom is -0.506 e. The second-order valence-electron chi connectivity index (χ2n) is 6.38. The normalized spacial score (nSPS) is 18.0. The van der Waals surface area contributed by atoms with E-state index < -0.39 is 15.9 Å². The van der Waals surface area contributed by atoms with E-state index in [0.717, 1.165) is 0 Å². The second kappa shape index (κ2) is 7.98. The van der Waals surface area contributed by atoms with Crippen LogP contribution in [0.3, 0.4) is 0 Å². The molecule has 2 aromatic carbocycles. The first-order valence-electron chi connectivity index (χ1n) is 8.65. The molecule has 0 radical (unpaired) electrons. The average Bonchev–Trinajstić information content (AvgIpc) is 2.70. The number of sulfonamides is 1. The molecular weight excluding hydrogens is 368 g/mol. The zero-order valence-electron chi connectivity index (χ0n) is 15.0. The van der Waals surface area contributed by atoms with Crippen molar-refractivity contribution in [2.75, 3.05) is 25.5 Å². The fraction of sp³-hybridized carbons (Fsp3) is 0.316. The number of para-hydroxylation sites is 2. The molecular formula is C19H22N2O5S. The molecule has 1 aliphatic heterocycles. The second-order valence-corrected chi connectivity index (χ2v) is 8.32. The molecule has 1 aliphatic rings. The van der Waals surface area contributed by atoms with Gasteiger partial charge in [-0.2, -0.15) is 4.31 Å². The molecule has 0 aromatic heterocycles. The monoisotopic (exact) mass is 390 g/mol. The highest BCUT2D eigenvalue weighted by Gasteiger charge is 2.33. The standard InChI is InChI=1S/C19H22N2O5S/c1-26-15-8-10-16(11-9-15)27(24,25)21-12-4-5-14(13-21)19(23)20-17-6-2-3-7-18(17)22/h2-3,6-11,14,22H,4-5,12-13H2,1H3,(H,20,23)/t14-/m1/s1. The van der Waals surface area contributed by atoms with Gasteiger partial charge in [0.15, 0.2) is 0 Å². The predicted octanol–water partition coefficient (Wildman–Crippen LogP) is 2.44. The molecule has 0 aliphatic carbocycles. The van der Waals surface area contributed by atoms with E-state index in [2.05, 4.69) is 5.32 Å². The van der Waals surface area contributed by atoms with Crippen LogP contribution in [0.2, 0.25) is 0 Å². The molecule has 1 atom stereocenters. The smallest absolute Gasteiger partial charge is 0.243 e. The Balaban J connectivity index is 1.72. The topological polar surface area (TPSA) is 95.9 Å². The molecule has 1 amide bonds. The zero-order chi connectivity index (χ0) is 19.4. The van der Waals surface area contributed by atoms with Crippen molar-refractivity contribution in [3.8, 4) is 11.5 Å². The number of methoxy groups -OCH3 is 1. The highest BCUT2D eigenvalue weighted by atomic mass is 32.2. The maximum absolute atomic E-state index is 12.9. The van der Waals surface area contributed by atoms with E-state index in [4.69, 9.17) is 4.74 Å². The van der Waals surface area contributed by atoms with Crippen LogP contribution in [0.5, 0.6) is 11.5 Å². The first-order chi connectivity index (χ1) is 12.9. The number of carbonyl (C=O) groups excluding carboxylic acids is 1. The van der Waals surface area contributed by atoms with Crippen molar-refractivity contribution < 1.29 is 23.1 Å². The Hall–Kier alpha value is -2.58. The van der Waals surface area contributed by atoms with Crippen LogP contribution in [0.1, 0.15) is 12.8 Å². The average molecular weight is 390 g/mol. The fourth-order valence-corrected chi connectivity index (χ4v) is 4.61. The summed E-state index contributed by atoms with van der Waals surface area (Å²) in [6.07, 6.45) is 1.18. The Morgan fingerprint density at radius 1 is 1.19 bits per heavy atom. The molecule has 2 N–H and O–H groups in total. The molecule has 2 aromatic rings. The van der Waals surface area contributed by atoms with Crippen molar-refractivity contribution in [1.82, 2.24) is 4.31 Å². The molecule has 0 bridgehead atoms. The van der Waals surface area contributed by atoms with Crippen LogP contribution < -0.4 is 10.1 Å². The lowest BCUT2D eigenvalue weighted by molar-refractivity contribution is -0.120. The van der Waals surface area contributed by atoms with Crippen LogP contribution >= 0.6 is 0 Å². The Kier molecular flexibility index (Phi) is 5.67. The number of hydrogen-bond acceptors (Lipinski definition) is 5. The molecule has 1 saturated heterocycles. The quantitative estimate of drug-likeness (QED) is 0.765. The molecule has 144 valence electrons. The van der Waals surface area contributed by atoms with Crippen LogP contribution in [0.25, 0.3) is 0 Å². The lowest BCUT2D eigenvalue weighted by atomic mass is 9.98. The van der Waals surface area contributed by atoms with Crippen molar-refractivity contribution in [3.63, 3.8) is 0 Å². The van der Waals surface area contributed by atoms with Gasteiger partial charge in [-0.15, -0.1) is 0 Å². The molecule has 8 heteroatoms. The van der Waals surface area contributed by atoms with Gasteiger partial charge < -0.3 is 15.2 Å². The predicted molar refractivity (Wildman–Crippen MR) is 101 cm³/mol. The van der Waals surface area contributed by atoms with E-state index in [9.17, 15) is 18.3 Å². The number of nitrogens with one attached hydrogen (secondary N) is 1. The number of piperidine rings is 1. The van der Waals surface area contributed by atoms with Gasteiger partial charge in [0.25, 0.3) is 0 Å².